The summed E-state index contributed by atoms with van der Waals surface area (Å²) in [5.74, 6) is -0.778. The van der Waals surface area contributed by atoms with Gasteiger partial charge >= 0.3 is 5.97 Å². The molecule has 0 aliphatic heterocycles. The van der Waals surface area contributed by atoms with Gasteiger partial charge in [0.05, 0.1) is 23.2 Å². The number of benzene rings is 1. The van der Waals surface area contributed by atoms with Crippen LogP contribution in [0.4, 0.5) is 0 Å². The predicted octanol–water partition coefficient (Wildman–Crippen LogP) is 2.95. The van der Waals surface area contributed by atoms with Crippen LogP contribution in [0.25, 0.3) is 0 Å². The van der Waals surface area contributed by atoms with Gasteiger partial charge in [0.2, 0.25) is 0 Å². The average Bonchev–Trinajstić information content (AvgIpc) is 2.44. The molecule has 0 aromatic heterocycles. The molecule has 0 spiro atoms. The Balaban J connectivity index is 2.53. The number of hydrogen-bond donors (Lipinski definition) is 1. The molecule has 0 heterocycles. The van der Waals surface area contributed by atoms with Crippen LogP contribution in [-0.2, 0) is 19.4 Å². The number of esters is 1. The van der Waals surface area contributed by atoms with Crippen molar-refractivity contribution in [1.29, 1.82) is 0 Å². The minimum Gasteiger partial charge on any atom is -0.463 e. The van der Waals surface area contributed by atoms with E-state index in [1.807, 2.05) is 6.92 Å². The van der Waals surface area contributed by atoms with Gasteiger partial charge in [0, 0.05) is 11.1 Å². The van der Waals surface area contributed by atoms with Crippen molar-refractivity contribution in [2.24, 2.45) is 5.73 Å². The van der Waals surface area contributed by atoms with E-state index < -0.39 is 21.8 Å². The normalized spacial score (nSPS) is 14.3. The maximum Gasteiger partial charge on any atom is 0.307 e. The number of hydrogen-bond acceptors (Lipinski definition) is 5. The van der Waals surface area contributed by atoms with Crippen molar-refractivity contribution < 1.29 is 17.9 Å². The molecule has 0 amide bonds. The van der Waals surface area contributed by atoms with Crippen molar-refractivity contribution in [3.63, 3.8) is 0 Å². The Morgan fingerprint density at radius 3 is 2.48 bits per heavy atom. The minimum atomic E-state index is -3.56. The van der Waals surface area contributed by atoms with Crippen molar-refractivity contribution in [2.45, 2.75) is 56.6 Å². The topological polar surface area (TPSA) is 86.5 Å². The fraction of sp³-hybridized carbons (Fsp3) is 0.562. The summed E-state index contributed by atoms with van der Waals surface area (Å²) < 4.78 is 29.7. The number of carbonyl (C=O) groups is 1. The summed E-state index contributed by atoms with van der Waals surface area (Å²) in [7, 11) is -3.56. The van der Waals surface area contributed by atoms with E-state index in [2.05, 4.69) is 6.92 Å². The van der Waals surface area contributed by atoms with Crippen LogP contribution < -0.4 is 5.73 Å². The van der Waals surface area contributed by atoms with Gasteiger partial charge in [0.25, 0.3) is 0 Å². The summed E-state index contributed by atoms with van der Waals surface area (Å²) in [6.07, 6.45) is 2.50. The number of sulfone groups is 1. The maximum atomic E-state index is 12.2. The molecule has 0 saturated carbocycles. The second kappa shape index (κ2) is 9.25. The van der Waals surface area contributed by atoms with Gasteiger partial charge in [0.15, 0.2) is 9.84 Å². The summed E-state index contributed by atoms with van der Waals surface area (Å²) in [5.41, 5.74) is 5.80. The molecule has 1 rings (SSSR count). The summed E-state index contributed by atoms with van der Waals surface area (Å²) in [5, 5.41) is 0.456. The first-order chi connectivity index (χ1) is 10.7. The molecule has 7 heteroatoms. The third kappa shape index (κ3) is 7.33. The monoisotopic (exact) mass is 361 g/mol. The van der Waals surface area contributed by atoms with Gasteiger partial charge in [-0.1, -0.05) is 31.4 Å². The molecule has 1 aromatic rings. The van der Waals surface area contributed by atoms with Crippen LogP contribution in [0.15, 0.2) is 29.2 Å². The third-order valence-corrected chi connectivity index (χ3v) is 5.44. The average molecular weight is 362 g/mol. The lowest BCUT2D eigenvalue weighted by Gasteiger charge is -2.15. The van der Waals surface area contributed by atoms with Gasteiger partial charge < -0.3 is 10.5 Å². The molecule has 2 atom stereocenters. The van der Waals surface area contributed by atoms with Gasteiger partial charge in [-0.15, -0.1) is 0 Å². The maximum absolute atomic E-state index is 12.2. The van der Waals surface area contributed by atoms with E-state index in [1.54, 1.807) is 0 Å². The second-order valence-electron chi connectivity index (χ2n) is 5.64. The van der Waals surface area contributed by atoms with Gasteiger partial charge in [-0.2, -0.15) is 0 Å². The zero-order chi connectivity index (χ0) is 17.5. The highest BCUT2D eigenvalue weighted by Gasteiger charge is 2.22. The van der Waals surface area contributed by atoms with Crippen molar-refractivity contribution in [3.05, 3.63) is 29.3 Å². The molecular weight excluding hydrogens is 338 g/mol. The van der Waals surface area contributed by atoms with Crippen LogP contribution >= 0.6 is 11.6 Å². The predicted molar refractivity (Wildman–Crippen MR) is 91.2 cm³/mol. The molecule has 2 N–H and O–H groups in total. The van der Waals surface area contributed by atoms with Crippen LogP contribution in [0.1, 0.15) is 39.5 Å². The van der Waals surface area contributed by atoms with Crippen LogP contribution in [-0.4, -0.2) is 32.3 Å². The van der Waals surface area contributed by atoms with E-state index in [0.29, 0.717) is 5.02 Å². The smallest absolute Gasteiger partial charge is 0.307 e. The Bertz CT molecular complexity index is 601. The fourth-order valence-electron chi connectivity index (χ4n) is 2.12. The summed E-state index contributed by atoms with van der Waals surface area (Å²) in [4.78, 5) is 11.9. The quantitative estimate of drug-likeness (QED) is 0.683. The summed E-state index contributed by atoms with van der Waals surface area (Å²) in [6, 6.07) is 5.06. The molecule has 2 unspecified atom stereocenters. The molecular formula is C16H24ClNO4S. The van der Waals surface area contributed by atoms with Crippen LogP contribution in [0.3, 0.4) is 0 Å². The van der Waals surface area contributed by atoms with E-state index in [9.17, 15) is 13.2 Å². The first kappa shape index (κ1) is 19.9. The highest BCUT2D eigenvalue weighted by atomic mass is 35.5. The molecule has 1 aromatic carbocycles. The number of ether oxygens (including phenoxy) is 1. The third-order valence-electron chi connectivity index (χ3n) is 3.33. The van der Waals surface area contributed by atoms with Gasteiger partial charge in [-0.05, 0) is 37.6 Å². The highest BCUT2D eigenvalue weighted by Crippen LogP contribution is 2.16. The first-order valence-electron chi connectivity index (χ1n) is 7.68. The van der Waals surface area contributed by atoms with Crippen molar-refractivity contribution >= 4 is 27.4 Å². The largest absolute Gasteiger partial charge is 0.463 e. The molecule has 130 valence electrons. The van der Waals surface area contributed by atoms with E-state index in [0.717, 1.165) is 19.3 Å². The number of carbonyl (C=O) groups excluding carboxylic acids is 1. The zero-order valence-electron chi connectivity index (χ0n) is 13.5. The van der Waals surface area contributed by atoms with Crippen molar-refractivity contribution in [3.8, 4) is 0 Å². The summed E-state index contributed by atoms with van der Waals surface area (Å²) >= 11 is 5.74. The molecule has 0 fully saturated rings. The Kier molecular flexibility index (Phi) is 8.02. The Morgan fingerprint density at radius 1 is 1.30 bits per heavy atom. The lowest BCUT2D eigenvalue weighted by Crippen LogP contribution is -2.33. The number of unbranched alkanes of at least 4 members (excludes halogenated alkanes) is 1. The first-order valence-corrected chi connectivity index (χ1v) is 9.71. The Morgan fingerprint density at radius 2 is 1.91 bits per heavy atom. The van der Waals surface area contributed by atoms with E-state index >= 15 is 0 Å². The van der Waals surface area contributed by atoms with Crippen LogP contribution in [0, 0.1) is 0 Å². The zero-order valence-corrected chi connectivity index (χ0v) is 15.1. The SMILES string of the molecule is CCCCC(C)OC(=O)CC(N)CS(=O)(=O)c1ccc(Cl)cc1. The second-order valence-corrected chi connectivity index (χ2v) is 8.11. The standard InChI is InChI=1S/C16H24ClNO4S/c1-3-4-5-12(2)22-16(19)10-14(18)11-23(20,21)15-8-6-13(17)7-9-15/h6-9,12,14H,3-5,10-11,18H2,1-2H3. The van der Waals surface area contributed by atoms with Crippen LogP contribution in [0.5, 0.6) is 0 Å². The number of nitrogens with two attached hydrogens (primary N) is 1. The summed E-state index contributed by atoms with van der Waals surface area (Å²) in [6.45, 7) is 3.88. The van der Waals surface area contributed by atoms with Gasteiger partial charge in [0.1, 0.15) is 0 Å². The van der Waals surface area contributed by atoms with Gasteiger partial charge in [-0.3, -0.25) is 4.79 Å². The van der Waals surface area contributed by atoms with E-state index in [4.69, 9.17) is 22.1 Å². The lowest BCUT2D eigenvalue weighted by molar-refractivity contribution is -0.148. The molecule has 23 heavy (non-hydrogen) atoms. The lowest BCUT2D eigenvalue weighted by atomic mass is 10.2. The fourth-order valence-corrected chi connectivity index (χ4v) is 3.67. The Hall–Kier alpha value is -1.11. The molecule has 5 nitrogen and oxygen atoms in total. The van der Waals surface area contributed by atoms with Gasteiger partial charge in [-0.25, -0.2) is 8.42 Å². The Labute approximate surface area is 143 Å². The highest BCUT2D eigenvalue weighted by molar-refractivity contribution is 7.91. The minimum absolute atomic E-state index is 0.122. The van der Waals surface area contributed by atoms with E-state index in [-0.39, 0.29) is 23.2 Å². The molecule has 0 saturated heterocycles. The van der Waals surface area contributed by atoms with E-state index in [1.165, 1.54) is 24.3 Å². The molecule has 0 radical (unpaired) electrons. The molecule has 0 aliphatic rings. The van der Waals surface area contributed by atoms with Crippen LogP contribution in [0.2, 0.25) is 5.02 Å². The molecule has 0 aliphatic carbocycles. The van der Waals surface area contributed by atoms with Crippen molar-refractivity contribution in [1.82, 2.24) is 0 Å². The number of rotatable bonds is 9. The molecule has 0 bridgehead atoms. The number of halogens is 1. The van der Waals surface area contributed by atoms with Crippen molar-refractivity contribution in [2.75, 3.05) is 5.75 Å².